The minimum absolute atomic E-state index is 0.157. The van der Waals surface area contributed by atoms with Gasteiger partial charge in [-0.25, -0.2) is 4.79 Å². The molecular weight excluding hydrogens is 182 g/mol. The summed E-state index contributed by atoms with van der Waals surface area (Å²) in [7, 11) is 1.22. The Bertz CT molecular complexity index is 255. The highest BCUT2D eigenvalue weighted by Crippen LogP contribution is 2.00. The van der Waals surface area contributed by atoms with Gasteiger partial charge in [-0.3, -0.25) is 4.79 Å². The second-order valence-corrected chi connectivity index (χ2v) is 2.94. The van der Waals surface area contributed by atoms with Crippen LogP contribution in [0.1, 0.15) is 20.3 Å². The normalized spacial score (nSPS) is 13.6. The number of methoxy groups -OCH3 is 1. The SMILES string of the molecule is C#C[C@H](NC(=O)C(C)CC)C(=O)OC. The van der Waals surface area contributed by atoms with Crippen molar-refractivity contribution in [2.75, 3.05) is 7.11 Å². The number of hydrogen-bond donors (Lipinski definition) is 1. The summed E-state index contributed by atoms with van der Waals surface area (Å²) in [6.07, 6.45) is 5.77. The van der Waals surface area contributed by atoms with Crippen molar-refractivity contribution < 1.29 is 14.3 Å². The number of hydrogen-bond acceptors (Lipinski definition) is 3. The fraction of sp³-hybridized carbons (Fsp3) is 0.600. The van der Waals surface area contributed by atoms with Gasteiger partial charge in [0.15, 0.2) is 6.04 Å². The maximum absolute atomic E-state index is 11.3. The Morgan fingerprint density at radius 1 is 1.57 bits per heavy atom. The number of esters is 1. The largest absolute Gasteiger partial charge is 0.467 e. The summed E-state index contributed by atoms with van der Waals surface area (Å²) in [5.74, 6) is 1.14. The molecule has 0 bridgehead atoms. The lowest BCUT2D eigenvalue weighted by molar-refractivity contribution is -0.143. The predicted octanol–water partition coefficient (Wildman–Crippen LogP) is 0.323. The molecule has 0 radical (unpaired) electrons. The van der Waals surface area contributed by atoms with Crippen molar-refractivity contribution in [2.24, 2.45) is 5.92 Å². The molecule has 78 valence electrons. The van der Waals surface area contributed by atoms with E-state index >= 15 is 0 Å². The van der Waals surface area contributed by atoms with E-state index < -0.39 is 12.0 Å². The molecule has 0 aliphatic carbocycles. The van der Waals surface area contributed by atoms with Gasteiger partial charge in [-0.2, -0.15) is 0 Å². The average Bonchev–Trinajstić information content (AvgIpc) is 2.22. The Labute approximate surface area is 84.0 Å². The van der Waals surface area contributed by atoms with Crippen molar-refractivity contribution in [3.8, 4) is 12.3 Å². The Morgan fingerprint density at radius 2 is 2.14 bits per heavy atom. The molecule has 0 aromatic rings. The highest BCUT2D eigenvalue weighted by atomic mass is 16.5. The molecule has 1 unspecified atom stereocenters. The molecule has 0 aliphatic rings. The molecular formula is C10H15NO3. The molecule has 4 nitrogen and oxygen atoms in total. The predicted molar refractivity (Wildman–Crippen MR) is 52.2 cm³/mol. The van der Waals surface area contributed by atoms with Crippen LogP contribution < -0.4 is 5.32 Å². The van der Waals surface area contributed by atoms with Crippen molar-refractivity contribution in [1.82, 2.24) is 5.32 Å². The van der Waals surface area contributed by atoms with Gasteiger partial charge in [-0.15, -0.1) is 6.42 Å². The van der Waals surface area contributed by atoms with Crippen molar-refractivity contribution >= 4 is 11.9 Å². The quantitative estimate of drug-likeness (QED) is 0.521. The molecule has 0 aromatic carbocycles. The molecule has 0 saturated carbocycles. The van der Waals surface area contributed by atoms with Crippen molar-refractivity contribution in [1.29, 1.82) is 0 Å². The molecule has 0 aromatic heterocycles. The Kier molecular flexibility index (Phi) is 5.38. The second-order valence-electron chi connectivity index (χ2n) is 2.94. The molecule has 2 atom stereocenters. The molecule has 14 heavy (non-hydrogen) atoms. The van der Waals surface area contributed by atoms with Gasteiger partial charge < -0.3 is 10.1 Å². The third-order valence-electron chi connectivity index (χ3n) is 1.95. The van der Waals surface area contributed by atoms with Crippen LogP contribution in [0.4, 0.5) is 0 Å². The summed E-state index contributed by atoms with van der Waals surface area (Å²) < 4.78 is 4.42. The monoisotopic (exact) mass is 197 g/mol. The zero-order chi connectivity index (χ0) is 11.1. The van der Waals surface area contributed by atoms with E-state index in [1.54, 1.807) is 6.92 Å². The zero-order valence-electron chi connectivity index (χ0n) is 8.66. The van der Waals surface area contributed by atoms with Crippen LogP contribution in [0.25, 0.3) is 0 Å². The van der Waals surface area contributed by atoms with Gasteiger partial charge in [0.2, 0.25) is 5.91 Å². The minimum Gasteiger partial charge on any atom is -0.467 e. The van der Waals surface area contributed by atoms with Gasteiger partial charge in [-0.1, -0.05) is 19.8 Å². The fourth-order valence-corrected chi connectivity index (χ4v) is 0.756. The molecule has 0 spiro atoms. The van der Waals surface area contributed by atoms with Gasteiger partial charge in [0.05, 0.1) is 7.11 Å². The maximum Gasteiger partial charge on any atom is 0.341 e. The fourth-order valence-electron chi connectivity index (χ4n) is 0.756. The van der Waals surface area contributed by atoms with E-state index in [1.807, 2.05) is 6.92 Å². The first-order valence-corrected chi connectivity index (χ1v) is 4.41. The summed E-state index contributed by atoms with van der Waals surface area (Å²) in [4.78, 5) is 22.4. The number of carbonyl (C=O) groups excluding carboxylic acids is 2. The van der Waals surface area contributed by atoms with Gasteiger partial charge in [0.1, 0.15) is 0 Å². The van der Waals surface area contributed by atoms with E-state index in [2.05, 4.69) is 16.0 Å². The van der Waals surface area contributed by atoms with E-state index in [0.717, 1.165) is 0 Å². The molecule has 1 N–H and O–H groups in total. The van der Waals surface area contributed by atoms with E-state index in [4.69, 9.17) is 6.42 Å². The van der Waals surface area contributed by atoms with Crippen molar-refractivity contribution in [2.45, 2.75) is 26.3 Å². The van der Waals surface area contributed by atoms with Crippen molar-refractivity contribution in [3.63, 3.8) is 0 Å². The Morgan fingerprint density at radius 3 is 2.50 bits per heavy atom. The third-order valence-corrected chi connectivity index (χ3v) is 1.95. The van der Waals surface area contributed by atoms with Crippen LogP contribution in [-0.2, 0) is 14.3 Å². The van der Waals surface area contributed by atoms with E-state index in [1.165, 1.54) is 7.11 Å². The van der Waals surface area contributed by atoms with Crippen LogP contribution in [0.5, 0.6) is 0 Å². The number of ether oxygens (including phenoxy) is 1. The Hall–Kier alpha value is -1.50. The standard InChI is InChI=1S/C10H15NO3/c1-5-7(3)9(12)11-8(6-2)10(13)14-4/h2,7-8H,5H2,1,3-4H3,(H,11,12)/t7?,8-/m0/s1. The van der Waals surface area contributed by atoms with Crippen LogP contribution in [0.2, 0.25) is 0 Å². The van der Waals surface area contributed by atoms with Crippen LogP contribution in [-0.4, -0.2) is 25.0 Å². The average molecular weight is 197 g/mol. The molecule has 0 fully saturated rings. The van der Waals surface area contributed by atoms with Gasteiger partial charge in [0, 0.05) is 5.92 Å². The molecule has 4 heteroatoms. The highest BCUT2D eigenvalue weighted by Gasteiger charge is 2.20. The minimum atomic E-state index is -0.985. The molecule has 0 heterocycles. The number of carbonyl (C=O) groups is 2. The third kappa shape index (κ3) is 3.48. The number of nitrogens with one attached hydrogen (secondary N) is 1. The Balaban J connectivity index is 4.28. The lowest BCUT2D eigenvalue weighted by atomic mass is 10.1. The first-order valence-electron chi connectivity index (χ1n) is 4.41. The highest BCUT2D eigenvalue weighted by molar-refractivity contribution is 5.87. The van der Waals surface area contributed by atoms with Crippen LogP contribution in [0.3, 0.4) is 0 Å². The summed E-state index contributed by atoms with van der Waals surface area (Å²) in [6.45, 7) is 3.65. The second kappa shape index (κ2) is 6.03. The van der Waals surface area contributed by atoms with Gasteiger partial charge >= 0.3 is 5.97 Å². The number of amides is 1. The van der Waals surface area contributed by atoms with Crippen molar-refractivity contribution in [3.05, 3.63) is 0 Å². The summed E-state index contributed by atoms with van der Waals surface area (Å²) >= 11 is 0. The lowest BCUT2D eigenvalue weighted by Gasteiger charge is -2.13. The molecule has 1 amide bonds. The van der Waals surface area contributed by atoms with E-state index in [-0.39, 0.29) is 11.8 Å². The van der Waals surface area contributed by atoms with Crippen LogP contribution in [0.15, 0.2) is 0 Å². The van der Waals surface area contributed by atoms with Gasteiger partial charge in [0.25, 0.3) is 0 Å². The topological polar surface area (TPSA) is 55.4 Å². The van der Waals surface area contributed by atoms with E-state index in [0.29, 0.717) is 6.42 Å². The van der Waals surface area contributed by atoms with E-state index in [9.17, 15) is 9.59 Å². The molecule has 0 aliphatic heterocycles. The summed E-state index contributed by atoms with van der Waals surface area (Å²) in [5, 5.41) is 2.42. The first-order chi connectivity index (χ1) is 6.56. The van der Waals surface area contributed by atoms with Gasteiger partial charge in [-0.05, 0) is 6.42 Å². The number of terminal acetylenes is 1. The summed E-state index contributed by atoms with van der Waals surface area (Å²) in [6, 6.07) is -0.985. The zero-order valence-corrected chi connectivity index (χ0v) is 8.66. The molecule has 0 rings (SSSR count). The first kappa shape index (κ1) is 12.5. The summed E-state index contributed by atoms with van der Waals surface area (Å²) in [5.41, 5.74) is 0. The maximum atomic E-state index is 11.3. The molecule has 0 saturated heterocycles. The number of rotatable bonds is 4. The smallest absolute Gasteiger partial charge is 0.341 e. The lowest BCUT2D eigenvalue weighted by Crippen LogP contribution is -2.42. The van der Waals surface area contributed by atoms with Crippen LogP contribution in [0, 0.1) is 18.3 Å². The van der Waals surface area contributed by atoms with Crippen LogP contribution >= 0.6 is 0 Å².